The molecule has 1 aliphatic heterocycles. The van der Waals surface area contributed by atoms with E-state index in [1.165, 1.54) is 37.5 Å². The number of unbranched alkanes of at least 4 members (excludes halogenated alkanes) is 3. The van der Waals surface area contributed by atoms with Crippen molar-refractivity contribution < 1.29 is 38.2 Å². The highest BCUT2D eigenvalue weighted by molar-refractivity contribution is 6.01. The second-order valence-corrected chi connectivity index (χ2v) is 18.2. The molecule has 1 heterocycles. The Balaban J connectivity index is 0.00000374. The molecule has 0 aromatic carbocycles. The number of halogens is 3. The molecule has 0 aromatic heterocycles. The van der Waals surface area contributed by atoms with E-state index in [0.29, 0.717) is 53.2 Å². The molecule has 0 bridgehead atoms. The van der Waals surface area contributed by atoms with Crippen LogP contribution < -0.4 is 0 Å². The lowest BCUT2D eigenvalue weighted by molar-refractivity contribution is -0.227. The van der Waals surface area contributed by atoms with Gasteiger partial charge in [-0.3, -0.25) is 14.4 Å². The predicted molar refractivity (Wildman–Crippen MR) is 230 cm³/mol. The quantitative estimate of drug-likeness (QED) is 0.0880. The van der Waals surface area contributed by atoms with E-state index >= 15 is 0 Å². The minimum absolute atomic E-state index is 0. The molecule has 5 fully saturated rings. The standard InChI is InChI=1S/C44H74N2O8.3ClH/c1-8-11-23-51-33-20-21-43(6)32(26-33)27-37(52-24-12-9-2)42-35-17-16-34(44(35,7)38(28-36(42)43)53-25-13-10-3)30(4)15-14-22-45(31(5)47)29-41(50)54-46-39(48)18-19-40(46)49;;;/h30,32-38,42H,8-29H2,1-7H3;3*1H/t30-,32?,33-,34-,35+,36+,37-,38+,42?,43+,44-;;;/m1.../s1. The van der Waals surface area contributed by atoms with Gasteiger partial charge in [-0.2, -0.15) is 0 Å². The fourth-order valence-electron chi connectivity index (χ4n) is 11.9. The second kappa shape index (κ2) is 23.7. The summed E-state index contributed by atoms with van der Waals surface area (Å²) in [6, 6.07) is 0. The van der Waals surface area contributed by atoms with Gasteiger partial charge in [-0.15, -0.1) is 42.3 Å². The van der Waals surface area contributed by atoms with Crippen molar-refractivity contribution in [2.75, 3.05) is 32.9 Å². The van der Waals surface area contributed by atoms with Crippen molar-refractivity contribution in [2.24, 2.45) is 46.3 Å². The van der Waals surface area contributed by atoms with Gasteiger partial charge in [0.2, 0.25) is 5.91 Å². The lowest BCUT2D eigenvalue weighted by Crippen LogP contribution is -2.63. The van der Waals surface area contributed by atoms with Crippen molar-refractivity contribution in [1.29, 1.82) is 0 Å². The van der Waals surface area contributed by atoms with Crippen LogP contribution in [0.15, 0.2) is 0 Å². The Kier molecular flexibility index (Phi) is 21.6. The van der Waals surface area contributed by atoms with Gasteiger partial charge in [-0.1, -0.05) is 60.8 Å². The normalized spacial score (nSPS) is 33.5. The van der Waals surface area contributed by atoms with Crippen LogP contribution in [0, 0.1) is 46.3 Å². The number of amides is 3. The summed E-state index contributed by atoms with van der Waals surface area (Å²) >= 11 is 0. The van der Waals surface area contributed by atoms with E-state index in [9.17, 15) is 19.2 Å². The van der Waals surface area contributed by atoms with Gasteiger partial charge in [-0.25, -0.2) is 4.79 Å². The number of rotatable bonds is 20. The molecule has 10 nitrogen and oxygen atoms in total. The third kappa shape index (κ3) is 11.8. The minimum atomic E-state index is -0.770. The summed E-state index contributed by atoms with van der Waals surface area (Å²) in [7, 11) is 0. The van der Waals surface area contributed by atoms with Crippen molar-refractivity contribution >= 4 is 60.9 Å². The van der Waals surface area contributed by atoms with Gasteiger partial charge in [-0.05, 0) is 118 Å². The Morgan fingerprint density at radius 1 is 0.807 bits per heavy atom. The Morgan fingerprint density at radius 3 is 2.04 bits per heavy atom. The Morgan fingerprint density at radius 2 is 1.42 bits per heavy atom. The van der Waals surface area contributed by atoms with Crippen molar-refractivity contribution in [3.05, 3.63) is 0 Å². The zero-order chi connectivity index (χ0) is 39.0. The van der Waals surface area contributed by atoms with Crippen molar-refractivity contribution in [1.82, 2.24) is 9.96 Å². The van der Waals surface area contributed by atoms with Crippen LogP contribution in [0.2, 0.25) is 0 Å². The van der Waals surface area contributed by atoms with Crippen molar-refractivity contribution in [3.8, 4) is 0 Å². The van der Waals surface area contributed by atoms with E-state index < -0.39 is 17.8 Å². The minimum Gasteiger partial charge on any atom is -0.378 e. The molecule has 332 valence electrons. The molecule has 0 N–H and O–H groups in total. The van der Waals surface area contributed by atoms with E-state index in [-0.39, 0.29) is 85.6 Å². The van der Waals surface area contributed by atoms with Crippen LogP contribution in [-0.2, 0) is 38.2 Å². The number of hydroxylamine groups is 2. The average Bonchev–Trinajstić information content (AvgIpc) is 3.66. The molecule has 11 atom stereocenters. The number of hydrogen-bond donors (Lipinski definition) is 0. The van der Waals surface area contributed by atoms with Crippen LogP contribution in [0.25, 0.3) is 0 Å². The Labute approximate surface area is 362 Å². The molecule has 5 aliphatic rings. The van der Waals surface area contributed by atoms with E-state index in [1.807, 2.05) is 0 Å². The fraction of sp³-hybridized carbons (Fsp3) is 0.909. The first-order chi connectivity index (χ1) is 25.9. The first-order valence-corrected chi connectivity index (χ1v) is 22.1. The summed E-state index contributed by atoms with van der Waals surface area (Å²) < 4.78 is 20.6. The highest BCUT2D eigenvalue weighted by Crippen LogP contribution is 2.69. The number of carbonyl (C=O) groups is 4. The highest BCUT2D eigenvalue weighted by Gasteiger charge is 2.66. The van der Waals surface area contributed by atoms with Crippen LogP contribution in [0.4, 0.5) is 0 Å². The van der Waals surface area contributed by atoms with Gasteiger partial charge >= 0.3 is 5.97 Å². The lowest BCUT2D eigenvalue weighted by Gasteiger charge is -2.65. The van der Waals surface area contributed by atoms with Gasteiger partial charge in [0.25, 0.3) is 11.8 Å². The van der Waals surface area contributed by atoms with Crippen molar-refractivity contribution in [3.63, 3.8) is 0 Å². The lowest BCUT2D eigenvalue weighted by atomic mass is 9.43. The second-order valence-electron chi connectivity index (χ2n) is 18.2. The molecule has 2 unspecified atom stereocenters. The van der Waals surface area contributed by atoms with E-state index in [0.717, 1.165) is 90.4 Å². The summed E-state index contributed by atoms with van der Waals surface area (Å²) in [5.41, 5.74) is 0.299. The molecule has 3 amide bonds. The Hall–Kier alpha value is -1.17. The molecule has 0 radical (unpaired) electrons. The van der Waals surface area contributed by atoms with Crippen LogP contribution in [0.1, 0.15) is 158 Å². The largest absolute Gasteiger partial charge is 0.378 e. The van der Waals surface area contributed by atoms with Crippen molar-refractivity contribution in [2.45, 2.75) is 176 Å². The molecule has 5 rings (SSSR count). The van der Waals surface area contributed by atoms with Gasteiger partial charge in [0.15, 0.2) is 0 Å². The fourth-order valence-corrected chi connectivity index (χ4v) is 11.9. The van der Waals surface area contributed by atoms with E-state index in [2.05, 4.69) is 41.5 Å². The Bertz CT molecular complexity index is 1280. The smallest absolute Gasteiger partial charge is 0.352 e. The van der Waals surface area contributed by atoms with Gasteiger partial charge in [0.05, 0.1) is 18.3 Å². The monoisotopic (exact) mass is 866 g/mol. The highest BCUT2D eigenvalue weighted by atomic mass is 35.5. The van der Waals surface area contributed by atoms with Crippen LogP contribution in [0.3, 0.4) is 0 Å². The topological polar surface area (TPSA) is 112 Å². The van der Waals surface area contributed by atoms with Gasteiger partial charge in [0.1, 0.15) is 6.54 Å². The zero-order valence-corrected chi connectivity index (χ0v) is 38.6. The molecule has 0 spiro atoms. The number of nitrogens with zero attached hydrogens (tertiary/aromatic N) is 2. The summed E-state index contributed by atoms with van der Waals surface area (Å²) in [4.78, 5) is 55.7. The molecular weight excluding hydrogens is 791 g/mol. The van der Waals surface area contributed by atoms with Crippen LogP contribution in [0.5, 0.6) is 0 Å². The first-order valence-electron chi connectivity index (χ1n) is 22.1. The maximum Gasteiger partial charge on any atom is 0.352 e. The van der Waals surface area contributed by atoms with Crippen LogP contribution >= 0.6 is 37.2 Å². The molecule has 0 aromatic rings. The maximum atomic E-state index is 12.7. The molecular formula is C44H77Cl3N2O8. The van der Waals surface area contributed by atoms with Gasteiger partial charge < -0.3 is 23.9 Å². The third-order valence-electron chi connectivity index (χ3n) is 15.0. The summed E-state index contributed by atoms with van der Waals surface area (Å²) in [6.45, 7) is 18.4. The van der Waals surface area contributed by atoms with Gasteiger partial charge in [0, 0.05) is 51.5 Å². The maximum absolute atomic E-state index is 12.7. The number of ether oxygens (including phenoxy) is 3. The number of imide groups is 1. The number of carbonyl (C=O) groups excluding carboxylic acids is 4. The predicted octanol–water partition coefficient (Wildman–Crippen LogP) is 9.56. The van der Waals surface area contributed by atoms with E-state index in [4.69, 9.17) is 19.0 Å². The first kappa shape index (κ1) is 52.0. The van der Waals surface area contributed by atoms with E-state index in [1.54, 1.807) is 0 Å². The number of fused-ring (bicyclic) bond motifs is 5. The zero-order valence-electron chi connectivity index (χ0n) is 36.1. The SMILES string of the molecule is CCCCO[C@@H]1CC[C@@]2(C)C(C1)C[C@@H](OCCCC)C1[C@@H]3CC[C@H]([C@H](C)CCCN(CC(=O)ON4C(=O)CCC4=O)C(C)=O)[C@@]3(C)[C@@H](OCCCC)C[C@@H]12.Cl.Cl.Cl. The molecule has 57 heavy (non-hydrogen) atoms. The number of hydrogen-bond acceptors (Lipinski definition) is 8. The molecule has 13 heteroatoms. The summed E-state index contributed by atoms with van der Waals surface area (Å²) in [5, 5.41) is 0.550. The average molecular weight is 868 g/mol. The molecule has 4 aliphatic carbocycles. The third-order valence-corrected chi connectivity index (χ3v) is 15.0. The summed E-state index contributed by atoms with van der Waals surface area (Å²) in [6.07, 6.45) is 17.5. The molecule has 1 saturated heterocycles. The molecule has 4 saturated carbocycles. The summed E-state index contributed by atoms with van der Waals surface area (Å²) in [5.74, 6) is 1.12. The van der Waals surface area contributed by atoms with Crippen LogP contribution in [-0.4, -0.2) is 84.9 Å².